The number of amides is 2. The Balaban J connectivity index is 1.81. The number of aryl methyl sites for hydroxylation is 1. The number of hydrogen-bond donors (Lipinski definition) is 1. The van der Waals surface area contributed by atoms with Crippen molar-refractivity contribution in [3.63, 3.8) is 0 Å². The Labute approximate surface area is 205 Å². The van der Waals surface area contributed by atoms with E-state index in [9.17, 15) is 14.9 Å². The highest BCUT2D eigenvalue weighted by molar-refractivity contribution is 7.99. The van der Waals surface area contributed by atoms with Crippen molar-refractivity contribution >= 4 is 23.5 Å². The topological polar surface area (TPSA) is 88.0 Å². The van der Waals surface area contributed by atoms with Crippen molar-refractivity contribution in [3.05, 3.63) is 63.7 Å². The molecule has 1 fully saturated rings. The number of non-ortho nitro benzene ring substituents is 1. The number of nitrogens with zero attached hydrogens (tertiary/aromatic N) is 3. The summed E-state index contributed by atoms with van der Waals surface area (Å²) in [5, 5.41) is 14.5. The average Bonchev–Trinajstić information content (AvgIpc) is 2.84. The Morgan fingerprint density at radius 1 is 1.21 bits per heavy atom. The summed E-state index contributed by atoms with van der Waals surface area (Å²) in [6, 6.07) is 12.9. The van der Waals surface area contributed by atoms with Crippen LogP contribution in [-0.2, 0) is 11.3 Å². The first-order valence-electron chi connectivity index (χ1n) is 11.8. The van der Waals surface area contributed by atoms with Gasteiger partial charge in [0, 0.05) is 61.2 Å². The minimum Gasteiger partial charge on any atom is -0.379 e. The number of morpholine rings is 1. The van der Waals surface area contributed by atoms with Gasteiger partial charge < -0.3 is 15.0 Å². The zero-order chi connectivity index (χ0) is 24.3. The fourth-order valence-electron chi connectivity index (χ4n) is 3.66. The van der Waals surface area contributed by atoms with E-state index >= 15 is 0 Å². The van der Waals surface area contributed by atoms with Crippen LogP contribution in [0.4, 0.5) is 10.5 Å². The molecule has 1 saturated heterocycles. The van der Waals surface area contributed by atoms with Crippen molar-refractivity contribution in [2.45, 2.75) is 43.0 Å². The molecule has 1 N–H and O–H groups in total. The molecule has 0 radical (unpaired) electrons. The lowest BCUT2D eigenvalue weighted by atomic mass is 10.2. The second kappa shape index (κ2) is 13.3. The maximum absolute atomic E-state index is 13.1. The van der Waals surface area contributed by atoms with Crippen LogP contribution < -0.4 is 5.32 Å². The van der Waals surface area contributed by atoms with Crippen LogP contribution in [0.3, 0.4) is 0 Å². The first kappa shape index (κ1) is 26.0. The highest BCUT2D eigenvalue weighted by Crippen LogP contribution is 2.33. The molecule has 0 aromatic heterocycles. The SMILES string of the molecule is CCCCNC(=O)N(CCN1CCOCC1)Cc1cc([N+](=O)[O-])ccc1Sc1ccc(C)cc1. The maximum Gasteiger partial charge on any atom is 0.317 e. The lowest BCUT2D eigenvalue weighted by molar-refractivity contribution is -0.385. The molecule has 2 aromatic carbocycles. The molecular formula is C25H34N4O4S. The predicted molar refractivity (Wildman–Crippen MR) is 134 cm³/mol. The van der Waals surface area contributed by atoms with Crippen molar-refractivity contribution in [1.29, 1.82) is 0 Å². The number of nitro benzene ring substituents is 1. The number of hydrogen-bond acceptors (Lipinski definition) is 6. The Morgan fingerprint density at radius 3 is 2.62 bits per heavy atom. The first-order chi connectivity index (χ1) is 16.5. The Kier molecular flexibility index (Phi) is 10.2. The number of nitrogens with one attached hydrogen (secondary N) is 1. The van der Waals surface area contributed by atoms with Crippen molar-refractivity contribution in [1.82, 2.24) is 15.1 Å². The van der Waals surface area contributed by atoms with Crippen molar-refractivity contribution < 1.29 is 14.5 Å². The van der Waals surface area contributed by atoms with Crippen LogP contribution >= 0.6 is 11.8 Å². The Bertz CT molecular complexity index is 948. The standard InChI is InChI=1S/C25H34N4O4S/c1-3-4-11-26-25(30)28(13-12-27-14-16-33-17-15-27)19-21-18-22(29(31)32)7-10-24(21)34-23-8-5-20(2)6-9-23/h5-10,18H,3-4,11-17,19H2,1-2H3,(H,26,30). The summed E-state index contributed by atoms with van der Waals surface area (Å²) in [6.45, 7) is 9.40. The van der Waals surface area contributed by atoms with Gasteiger partial charge in [0.05, 0.1) is 18.1 Å². The normalized spacial score (nSPS) is 14.1. The van der Waals surface area contributed by atoms with Crippen LogP contribution in [0.25, 0.3) is 0 Å². The third-order valence-corrected chi connectivity index (χ3v) is 6.87. The van der Waals surface area contributed by atoms with E-state index in [4.69, 9.17) is 4.74 Å². The van der Waals surface area contributed by atoms with Gasteiger partial charge in [-0.1, -0.05) is 42.8 Å². The quantitative estimate of drug-likeness (QED) is 0.281. The molecule has 0 bridgehead atoms. The van der Waals surface area contributed by atoms with Gasteiger partial charge in [-0.3, -0.25) is 15.0 Å². The lowest BCUT2D eigenvalue weighted by Gasteiger charge is -2.30. The lowest BCUT2D eigenvalue weighted by Crippen LogP contribution is -2.46. The fourth-order valence-corrected chi connectivity index (χ4v) is 4.58. The minimum atomic E-state index is -0.386. The number of benzene rings is 2. The Hall–Kier alpha value is -2.62. The van der Waals surface area contributed by atoms with Crippen LogP contribution in [0.1, 0.15) is 30.9 Å². The largest absolute Gasteiger partial charge is 0.379 e. The predicted octanol–water partition coefficient (Wildman–Crippen LogP) is 4.70. The zero-order valence-corrected chi connectivity index (χ0v) is 20.8. The van der Waals surface area contributed by atoms with E-state index < -0.39 is 0 Å². The number of carbonyl (C=O) groups excluding carboxylic acids is 1. The molecule has 8 nitrogen and oxygen atoms in total. The van der Waals surface area contributed by atoms with Crippen LogP contribution in [0.15, 0.2) is 52.3 Å². The van der Waals surface area contributed by atoms with E-state index in [2.05, 4.69) is 17.1 Å². The molecule has 2 aromatic rings. The molecule has 2 amide bonds. The molecule has 184 valence electrons. The second-order valence-corrected chi connectivity index (χ2v) is 9.54. The summed E-state index contributed by atoms with van der Waals surface area (Å²) >= 11 is 1.56. The first-order valence-corrected chi connectivity index (χ1v) is 12.6. The summed E-state index contributed by atoms with van der Waals surface area (Å²) in [5.41, 5.74) is 1.97. The highest BCUT2D eigenvalue weighted by atomic mass is 32.2. The molecule has 3 rings (SSSR count). The molecule has 0 saturated carbocycles. The summed E-state index contributed by atoms with van der Waals surface area (Å²) in [7, 11) is 0. The summed E-state index contributed by atoms with van der Waals surface area (Å²) in [6.07, 6.45) is 1.91. The average molecular weight is 487 g/mol. The van der Waals surface area contributed by atoms with Crippen LogP contribution in [0.5, 0.6) is 0 Å². The zero-order valence-electron chi connectivity index (χ0n) is 20.0. The van der Waals surface area contributed by atoms with Gasteiger partial charge in [-0.25, -0.2) is 4.79 Å². The van der Waals surface area contributed by atoms with E-state index in [0.29, 0.717) is 32.8 Å². The number of urea groups is 1. The third kappa shape index (κ3) is 8.00. The van der Waals surface area contributed by atoms with Gasteiger partial charge in [0.15, 0.2) is 0 Å². The molecule has 34 heavy (non-hydrogen) atoms. The fraction of sp³-hybridized carbons (Fsp3) is 0.480. The van der Waals surface area contributed by atoms with Crippen molar-refractivity contribution in [2.24, 2.45) is 0 Å². The van der Waals surface area contributed by atoms with E-state index in [1.54, 1.807) is 28.8 Å². The van der Waals surface area contributed by atoms with Gasteiger partial charge in [-0.15, -0.1) is 0 Å². The van der Waals surface area contributed by atoms with Gasteiger partial charge in [0.25, 0.3) is 5.69 Å². The van der Waals surface area contributed by atoms with Gasteiger partial charge in [-0.2, -0.15) is 0 Å². The van der Waals surface area contributed by atoms with Crippen LogP contribution in [0.2, 0.25) is 0 Å². The van der Waals surface area contributed by atoms with Gasteiger partial charge in [0.1, 0.15) is 0 Å². The van der Waals surface area contributed by atoms with E-state index in [-0.39, 0.29) is 16.6 Å². The highest BCUT2D eigenvalue weighted by Gasteiger charge is 2.20. The Morgan fingerprint density at radius 2 is 1.94 bits per heavy atom. The monoisotopic (exact) mass is 486 g/mol. The van der Waals surface area contributed by atoms with Gasteiger partial charge in [-0.05, 0) is 37.1 Å². The summed E-state index contributed by atoms with van der Waals surface area (Å²) in [5.74, 6) is 0. The number of nitro groups is 1. The number of unbranched alkanes of at least 4 members (excludes halogenated alkanes) is 1. The number of ether oxygens (including phenoxy) is 1. The molecule has 1 aliphatic heterocycles. The van der Waals surface area contributed by atoms with E-state index in [1.165, 1.54) is 11.6 Å². The number of carbonyl (C=O) groups is 1. The smallest absolute Gasteiger partial charge is 0.317 e. The maximum atomic E-state index is 13.1. The molecule has 1 aliphatic rings. The minimum absolute atomic E-state index is 0.0303. The van der Waals surface area contributed by atoms with Crippen LogP contribution in [-0.4, -0.2) is 66.7 Å². The van der Waals surface area contributed by atoms with E-state index in [1.807, 2.05) is 31.2 Å². The molecule has 0 aliphatic carbocycles. The molecule has 1 heterocycles. The molecule has 0 unspecified atom stereocenters. The molecule has 9 heteroatoms. The van der Waals surface area contributed by atoms with E-state index in [0.717, 1.165) is 47.8 Å². The summed E-state index contributed by atoms with van der Waals surface area (Å²) in [4.78, 5) is 30.1. The van der Waals surface area contributed by atoms with Crippen molar-refractivity contribution in [2.75, 3.05) is 45.9 Å². The summed E-state index contributed by atoms with van der Waals surface area (Å²) < 4.78 is 5.43. The third-order valence-electron chi connectivity index (χ3n) is 5.75. The van der Waals surface area contributed by atoms with Crippen molar-refractivity contribution in [3.8, 4) is 0 Å². The number of rotatable bonds is 11. The second-order valence-electron chi connectivity index (χ2n) is 8.43. The molecule has 0 atom stereocenters. The molecular weight excluding hydrogens is 452 g/mol. The van der Waals surface area contributed by atoms with Gasteiger partial charge in [0.2, 0.25) is 0 Å². The van der Waals surface area contributed by atoms with Gasteiger partial charge >= 0.3 is 6.03 Å². The van der Waals surface area contributed by atoms with Crippen LogP contribution in [0, 0.1) is 17.0 Å². The molecule has 0 spiro atoms.